The lowest BCUT2D eigenvalue weighted by atomic mass is 10.3. The van der Waals surface area contributed by atoms with Crippen molar-refractivity contribution in [3.63, 3.8) is 0 Å². The van der Waals surface area contributed by atoms with Crippen LogP contribution in [0.3, 0.4) is 0 Å². The number of nitrogens with zero attached hydrogens (tertiary/aromatic N) is 2. The summed E-state index contributed by atoms with van der Waals surface area (Å²) in [5.41, 5.74) is 6.29. The van der Waals surface area contributed by atoms with Crippen molar-refractivity contribution in [2.45, 2.75) is 6.10 Å². The summed E-state index contributed by atoms with van der Waals surface area (Å²) in [7, 11) is 1.55. The largest absolute Gasteiger partial charge is 0.370 e. The normalized spacial score (nSPS) is 12.9. The molecule has 0 fully saturated rings. The molecule has 3 N–H and O–H groups in total. The highest BCUT2D eigenvalue weighted by molar-refractivity contribution is 5.47. The number of hydrogen-bond acceptors (Lipinski definition) is 5. The zero-order valence-corrected chi connectivity index (χ0v) is 8.30. The smallest absolute Gasteiger partial charge is 0.257 e. The van der Waals surface area contributed by atoms with Gasteiger partial charge in [0.15, 0.2) is 0 Å². The van der Waals surface area contributed by atoms with Crippen LogP contribution < -0.4 is 5.73 Å². The maximum atomic E-state index is 5.48. The molecule has 2 aromatic heterocycles. The van der Waals surface area contributed by atoms with Gasteiger partial charge in [0.05, 0.1) is 5.69 Å². The Morgan fingerprint density at radius 1 is 1.67 bits per heavy atom. The summed E-state index contributed by atoms with van der Waals surface area (Å²) in [5.74, 6) is 0.898. The van der Waals surface area contributed by atoms with Crippen LogP contribution in [0.2, 0.25) is 0 Å². The van der Waals surface area contributed by atoms with E-state index >= 15 is 0 Å². The second-order valence-electron chi connectivity index (χ2n) is 3.00. The highest BCUT2D eigenvalue weighted by Crippen LogP contribution is 2.17. The van der Waals surface area contributed by atoms with E-state index in [0.717, 1.165) is 5.69 Å². The van der Waals surface area contributed by atoms with E-state index in [9.17, 15) is 0 Å². The second kappa shape index (κ2) is 4.24. The Labute approximate surface area is 86.4 Å². The van der Waals surface area contributed by atoms with Crippen LogP contribution in [0, 0.1) is 0 Å². The van der Waals surface area contributed by atoms with Crippen molar-refractivity contribution >= 4 is 0 Å². The van der Waals surface area contributed by atoms with Gasteiger partial charge in [-0.05, 0) is 12.1 Å². The van der Waals surface area contributed by atoms with E-state index < -0.39 is 0 Å². The molecule has 0 aliphatic heterocycles. The topological polar surface area (TPSA) is 90.0 Å². The van der Waals surface area contributed by atoms with Gasteiger partial charge in [-0.2, -0.15) is 4.98 Å². The van der Waals surface area contributed by atoms with Gasteiger partial charge >= 0.3 is 0 Å². The minimum absolute atomic E-state index is 0.308. The Kier molecular flexibility index (Phi) is 2.79. The van der Waals surface area contributed by atoms with Gasteiger partial charge in [-0.15, -0.1) is 0 Å². The summed E-state index contributed by atoms with van der Waals surface area (Å²) in [4.78, 5) is 7.17. The van der Waals surface area contributed by atoms with E-state index in [1.54, 1.807) is 13.3 Å². The number of methoxy groups -OCH3 is 1. The number of hydrogen-bond donors (Lipinski definition) is 2. The quantitative estimate of drug-likeness (QED) is 0.772. The molecule has 0 aromatic carbocycles. The SMILES string of the molecule is COC(CN)c1nc(-c2ccc[nH]2)no1. The van der Waals surface area contributed by atoms with Crippen LogP contribution >= 0.6 is 0 Å². The average Bonchev–Trinajstić information content (AvgIpc) is 2.89. The molecule has 2 aromatic rings. The fraction of sp³-hybridized carbons (Fsp3) is 0.333. The first-order chi connectivity index (χ1) is 7.35. The third-order valence-electron chi connectivity index (χ3n) is 2.05. The van der Waals surface area contributed by atoms with Crippen molar-refractivity contribution in [2.24, 2.45) is 5.73 Å². The van der Waals surface area contributed by atoms with Gasteiger partial charge in [-0.3, -0.25) is 0 Å². The van der Waals surface area contributed by atoms with Gasteiger partial charge < -0.3 is 20.0 Å². The summed E-state index contributed by atoms with van der Waals surface area (Å²) in [6, 6.07) is 3.72. The molecule has 6 nitrogen and oxygen atoms in total. The molecular weight excluding hydrogens is 196 g/mol. The van der Waals surface area contributed by atoms with E-state index in [1.807, 2.05) is 12.1 Å². The van der Waals surface area contributed by atoms with Gasteiger partial charge in [-0.1, -0.05) is 5.16 Å². The molecule has 1 atom stereocenters. The van der Waals surface area contributed by atoms with Gasteiger partial charge in [0, 0.05) is 19.9 Å². The summed E-state index contributed by atoms with van der Waals surface area (Å²) in [6.07, 6.45) is 1.45. The van der Waals surface area contributed by atoms with E-state index in [0.29, 0.717) is 18.3 Å². The summed E-state index contributed by atoms with van der Waals surface area (Å²) < 4.78 is 10.1. The number of rotatable bonds is 4. The van der Waals surface area contributed by atoms with Crippen LogP contribution in [-0.4, -0.2) is 28.8 Å². The Morgan fingerprint density at radius 3 is 3.13 bits per heavy atom. The van der Waals surface area contributed by atoms with Crippen LogP contribution in [0.25, 0.3) is 11.5 Å². The number of nitrogens with two attached hydrogens (primary N) is 1. The molecule has 0 radical (unpaired) electrons. The fourth-order valence-corrected chi connectivity index (χ4v) is 1.24. The highest BCUT2D eigenvalue weighted by atomic mass is 16.5. The van der Waals surface area contributed by atoms with Gasteiger partial charge in [0.25, 0.3) is 5.89 Å². The molecule has 2 rings (SSSR count). The first-order valence-corrected chi connectivity index (χ1v) is 4.55. The molecular formula is C9H12N4O2. The molecule has 0 amide bonds. The predicted octanol–water partition coefficient (Wildman–Crippen LogP) is 0.711. The molecule has 80 valence electrons. The summed E-state index contributed by atoms with van der Waals surface area (Å²) >= 11 is 0. The third kappa shape index (κ3) is 1.90. The number of ether oxygens (including phenoxy) is 1. The minimum atomic E-state index is -0.346. The number of aromatic nitrogens is 3. The molecule has 0 aliphatic carbocycles. The van der Waals surface area contributed by atoms with Gasteiger partial charge in [0.2, 0.25) is 5.82 Å². The maximum absolute atomic E-state index is 5.48. The van der Waals surface area contributed by atoms with E-state index in [2.05, 4.69) is 15.1 Å². The van der Waals surface area contributed by atoms with Crippen molar-refractivity contribution in [1.82, 2.24) is 15.1 Å². The molecule has 15 heavy (non-hydrogen) atoms. The molecule has 0 aliphatic rings. The molecule has 0 bridgehead atoms. The van der Waals surface area contributed by atoms with Crippen LogP contribution in [0.1, 0.15) is 12.0 Å². The van der Waals surface area contributed by atoms with Crippen LogP contribution in [0.5, 0.6) is 0 Å². The molecule has 0 saturated heterocycles. The molecule has 1 unspecified atom stereocenters. The Morgan fingerprint density at radius 2 is 2.53 bits per heavy atom. The van der Waals surface area contributed by atoms with E-state index in [-0.39, 0.29) is 6.10 Å². The van der Waals surface area contributed by atoms with Crippen molar-refractivity contribution in [3.8, 4) is 11.5 Å². The second-order valence-corrected chi connectivity index (χ2v) is 3.00. The maximum Gasteiger partial charge on any atom is 0.257 e. The summed E-state index contributed by atoms with van der Waals surface area (Å²) in [6.45, 7) is 0.308. The number of aromatic amines is 1. The van der Waals surface area contributed by atoms with Crippen molar-refractivity contribution in [2.75, 3.05) is 13.7 Å². The molecule has 2 heterocycles. The fourth-order valence-electron chi connectivity index (χ4n) is 1.24. The molecule has 0 saturated carbocycles. The Balaban J connectivity index is 2.24. The Bertz CT molecular complexity index is 405. The zero-order valence-electron chi connectivity index (χ0n) is 8.30. The van der Waals surface area contributed by atoms with Crippen molar-refractivity contribution in [3.05, 3.63) is 24.2 Å². The zero-order chi connectivity index (χ0) is 10.7. The molecule has 6 heteroatoms. The van der Waals surface area contributed by atoms with Crippen molar-refractivity contribution in [1.29, 1.82) is 0 Å². The minimum Gasteiger partial charge on any atom is -0.370 e. The van der Waals surface area contributed by atoms with E-state index in [1.165, 1.54) is 0 Å². The van der Waals surface area contributed by atoms with E-state index in [4.69, 9.17) is 15.0 Å². The standard InChI is InChI=1S/C9H12N4O2/c1-14-7(5-10)9-12-8(13-15-9)6-3-2-4-11-6/h2-4,7,11H,5,10H2,1H3. The Hall–Kier alpha value is -1.66. The first kappa shape index (κ1) is 9.88. The van der Waals surface area contributed by atoms with Gasteiger partial charge in [0.1, 0.15) is 6.10 Å². The average molecular weight is 208 g/mol. The van der Waals surface area contributed by atoms with Crippen LogP contribution in [0.15, 0.2) is 22.9 Å². The molecule has 0 spiro atoms. The number of H-pyrrole nitrogens is 1. The van der Waals surface area contributed by atoms with Crippen LogP contribution in [-0.2, 0) is 4.74 Å². The lowest BCUT2D eigenvalue weighted by Gasteiger charge is -2.05. The predicted molar refractivity (Wildman–Crippen MR) is 52.9 cm³/mol. The first-order valence-electron chi connectivity index (χ1n) is 4.55. The highest BCUT2D eigenvalue weighted by Gasteiger charge is 2.17. The van der Waals surface area contributed by atoms with Crippen LogP contribution in [0.4, 0.5) is 0 Å². The lowest BCUT2D eigenvalue weighted by Crippen LogP contribution is -2.14. The van der Waals surface area contributed by atoms with Gasteiger partial charge in [-0.25, -0.2) is 0 Å². The lowest BCUT2D eigenvalue weighted by molar-refractivity contribution is 0.0804. The third-order valence-corrected chi connectivity index (χ3v) is 2.05. The number of nitrogens with one attached hydrogen (secondary N) is 1. The van der Waals surface area contributed by atoms with Crippen molar-refractivity contribution < 1.29 is 9.26 Å². The monoisotopic (exact) mass is 208 g/mol. The summed E-state index contributed by atoms with van der Waals surface area (Å²) in [5, 5.41) is 3.82.